The highest BCUT2D eigenvalue weighted by Crippen LogP contribution is 2.19. The van der Waals surface area contributed by atoms with Crippen LogP contribution in [0.5, 0.6) is 0 Å². The molecule has 0 radical (unpaired) electrons. The van der Waals surface area contributed by atoms with E-state index in [1.807, 2.05) is 13.8 Å². The highest BCUT2D eigenvalue weighted by molar-refractivity contribution is 5.86. The highest BCUT2D eigenvalue weighted by atomic mass is 16.5. The average Bonchev–Trinajstić information content (AvgIpc) is 2.91. The molecule has 2 heterocycles. The number of fused-ring (bicyclic) bond motifs is 1. The van der Waals surface area contributed by atoms with Crippen molar-refractivity contribution in [3.05, 3.63) is 6.20 Å². The Balaban J connectivity index is 2.14. The Morgan fingerprint density at radius 1 is 1.30 bits per heavy atom. The topological polar surface area (TPSA) is 87.8 Å². The van der Waals surface area contributed by atoms with E-state index in [2.05, 4.69) is 37.7 Å². The molecule has 110 valence electrons. The van der Waals surface area contributed by atoms with Crippen LogP contribution in [0.1, 0.15) is 27.2 Å². The molecule has 0 spiro atoms. The first-order valence-corrected chi connectivity index (χ1v) is 7.05. The Labute approximate surface area is 118 Å². The minimum atomic E-state index is 0.129. The summed E-state index contributed by atoms with van der Waals surface area (Å²) in [7, 11) is 0. The number of rotatable bonds is 8. The van der Waals surface area contributed by atoms with E-state index in [1.54, 1.807) is 6.20 Å². The lowest BCUT2D eigenvalue weighted by Gasteiger charge is -2.14. The van der Waals surface area contributed by atoms with Crippen LogP contribution in [-0.4, -0.2) is 46.0 Å². The number of anilines is 2. The van der Waals surface area contributed by atoms with Crippen molar-refractivity contribution < 1.29 is 4.74 Å². The van der Waals surface area contributed by atoms with Gasteiger partial charge < -0.3 is 15.4 Å². The van der Waals surface area contributed by atoms with Crippen LogP contribution in [0, 0.1) is 0 Å². The number of hydrogen-bond donors (Lipinski definition) is 3. The summed E-state index contributed by atoms with van der Waals surface area (Å²) in [5, 5.41) is 14.3. The standard InChI is InChI=1S/C13H22N6O/c1-4-6-14-13-17-11(15-7-9(3)20-5-2)10-8-16-19-12(10)18-13/h8-9H,4-7H2,1-3H3,(H3,14,15,16,17,18,19). The monoisotopic (exact) mass is 278 g/mol. The number of nitrogens with zero attached hydrogens (tertiary/aromatic N) is 3. The molecule has 0 aliphatic carbocycles. The van der Waals surface area contributed by atoms with E-state index in [-0.39, 0.29) is 6.10 Å². The molecule has 0 aliphatic heterocycles. The van der Waals surface area contributed by atoms with Crippen molar-refractivity contribution in [2.24, 2.45) is 0 Å². The van der Waals surface area contributed by atoms with E-state index in [0.29, 0.717) is 19.1 Å². The van der Waals surface area contributed by atoms with Crippen LogP contribution >= 0.6 is 0 Å². The third-order valence-corrected chi connectivity index (χ3v) is 2.85. The van der Waals surface area contributed by atoms with Crippen molar-refractivity contribution >= 4 is 22.8 Å². The average molecular weight is 278 g/mol. The van der Waals surface area contributed by atoms with Crippen molar-refractivity contribution in [3.63, 3.8) is 0 Å². The second-order valence-corrected chi connectivity index (χ2v) is 4.60. The van der Waals surface area contributed by atoms with Gasteiger partial charge in [0.05, 0.1) is 17.7 Å². The highest BCUT2D eigenvalue weighted by Gasteiger charge is 2.10. The van der Waals surface area contributed by atoms with Gasteiger partial charge in [0.25, 0.3) is 0 Å². The smallest absolute Gasteiger partial charge is 0.226 e. The van der Waals surface area contributed by atoms with Gasteiger partial charge in [0.2, 0.25) is 5.95 Å². The predicted octanol–water partition coefficient (Wildman–Crippen LogP) is 2.01. The summed E-state index contributed by atoms with van der Waals surface area (Å²) >= 11 is 0. The normalized spacial score (nSPS) is 12.6. The zero-order valence-electron chi connectivity index (χ0n) is 12.2. The van der Waals surface area contributed by atoms with Crippen LogP contribution in [0.4, 0.5) is 11.8 Å². The number of nitrogens with one attached hydrogen (secondary N) is 3. The fourth-order valence-corrected chi connectivity index (χ4v) is 1.87. The second-order valence-electron chi connectivity index (χ2n) is 4.60. The van der Waals surface area contributed by atoms with Gasteiger partial charge in [0.15, 0.2) is 5.65 Å². The van der Waals surface area contributed by atoms with Gasteiger partial charge in [-0.3, -0.25) is 5.10 Å². The molecule has 0 aromatic carbocycles. The first kappa shape index (κ1) is 14.5. The van der Waals surface area contributed by atoms with Gasteiger partial charge in [-0.05, 0) is 20.3 Å². The summed E-state index contributed by atoms with van der Waals surface area (Å²) in [5.41, 5.74) is 0.727. The van der Waals surface area contributed by atoms with E-state index in [1.165, 1.54) is 0 Å². The summed E-state index contributed by atoms with van der Waals surface area (Å²) in [5.74, 6) is 1.38. The maximum Gasteiger partial charge on any atom is 0.226 e. The summed E-state index contributed by atoms with van der Waals surface area (Å²) in [6.45, 7) is 8.36. The van der Waals surface area contributed by atoms with E-state index >= 15 is 0 Å². The molecule has 0 bridgehead atoms. The van der Waals surface area contributed by atoms with Crippen molar-refractivity contribution in [1.82, 2.24) is 20.2 Å². The van der Waals surface area contributed by atoms with E-state index in [0.717, 1.165) is 29.8 Å². The molecule has 0 aliphatic rings. The fourth-order valence-electron chi connectivity index (χ4n) is 1.87. The van der Waals surface area contributed by atoms with Crippen LogP contribution in [-0.2, 0) is 4.74 Å². The molecule has 0 saturated heterocycles. The zero-order valence-corrected chi connectivity index (χ0v) is 12.2. The molecule has 2 aromatic rings. The molecule has 0 saturated carbocycles. The van der Waals surface area contributed by atoms with Crippen LogP contribution in [0.15, 0.2) is 6.20 Å². The maximum absolute atomic E-state index is 5.51. The molecular formula is C13H22N6O. The quantitative estimate of drug-likeness (QED) is 0.684. The lowest BCUT2D eigenvalue weighted by atomic mass is 10.3. The SMILES string of the molecule is CCCNc1nc(NCC(C)OCC)c2cn[nH]c2n1. The molecule has 7 nitrogen and oxygen atoms in total. The molecule has 2 aromatic heterocycles. The van der Waals surface area contributed by atoms with Gasteiger partial charge in [-0.25, -0.2) is 0 Å². The number of aromatic amines is 1. The predicted molar refractivity (Wildman–Crippen MR) is 80.0 cm³/mol. The molecular weight excluding hydrogens is 256 g/mol. The van der Waals surface area contributed by atoms with Gasteiger partial charge in [-0.15, -0.1) is 0 Å². The van der Waals surface area contributed by atoms with Gasteiger partial charge in [-0.1, -0.05) is 6.92 Å². The molecule has 2 rings (SSSR count). The summed E-state index contributed by atoms with van der Waals surface area (Å²) < 4.78 is 5.51. The first-order chi connectivity index (χ1) is 9.74. The minimum absolute atomic E-state index is 0.129. The molecule has 0 fully saturated rings. The van der Waals surface area contributed by atoms with Crippen molar-refractivity contribution in [2.75, 3.05) is 30.3 Å². The minimum Gasteiger partial charge on any atom is -0.377 e. The Kier molecular flexibility index (Phi) is 5.11. The third-order valence-electron chi connectivity index (χ3n) is 2.85. The summed E-state index contributed by atoms with van der Waals surface area (Å²) in [6.07, 6.45) is 2.88. The van der Waals surface area contributed by atoms with E-state index in [4.69, 9.17) is 4.74 Å². The lowest BCUT2D eigenvalue weighted by molar-refractivity contribution is 0.0855. The number of ether oxygens (including phenoxy) is 1. The van der Waals surface area contributed by atoms with Gasteiger partial charge in [-0.2, -0.15) is 15.1 Å². The van der Waals surface area contributed by atoms with Crippen LogP contribution < -0.4 is 10.6 Å². The Bertz CT molecular complexity index is 541. The third kappa shape index (κ3) is 3.57. The molecule has 7 heteroatoms. The molecule has 1 atom stereocenters. The van der Waals surface area contributed by atoms with E-state index < -0.39 is 0 Å². The van der Waals surface area contributed by atoms with E-state index in [9.17, 15) is 0 Å². The van der Waals surface area contributed by atoms with Crippen molar-refractivity contribution in [2.45, 2.75) is 33.3 Å². The summed E-state index contributed by atoms with van der Waals surface area (Å²) in [4.78, 5) is 8.88. The Morgan fingerprint density at radius 3 is 2.90 bits per heavy atom. The molecule has 20 heavy (non-hydrogen) atoms. The molecule has 1 unspecified atom stereocenters. The van der Waals surface area contributed by atoms with Crippen LogP contribution in [0.2, 0.25) is 0 Å². The number of H-pyrrole nitrogens is 1. The van der Waals surface area contributed by atoms with Gasteiger partial charge >= 0.3 is 0 Å². The van der Waals surface area contributed by atoms with Crippen molar-refractivity contribution in [3.8, 4) is 0 Å². The van der Waals surface area contributed by atoms with Crippen molar-refractivity contribution in [1.29, 1.82) is 0 Å². The maximum atomic E-state index is 5.51. The fraction of sp³-hybridized carbons (Fsp3) is 0.615. The summed E-state index contributed by atoms with van der Waals surface area (Å²) in [6, 6.07) is 0. The van der Waals surface area contributed by atoms with Crippen LogP contribution in [0.3, 0.4) is 0 Å². The lowest BCUT2D eigenvalue weighted by Crippen LogP contribution is -2.20. The first-order valence-electron chi connectivity index (χ1n) is 7.05. The van der Waals surface area contributed by atoms with Crippen LogP contribution in [0.25, 0.3) is 11.0 Å². The van der Waals surface area contributed by atoms with Gasteiger partial charge in [0, 0.05) is 19.7 Å². The molecule has 0 amide bonds. The largest absolute Gasteiger partial charge is 0.377 e. The number of aromatic nitrogens is 4. The number of hydrogen-bond acceptors (Lipinski definition) is 6. The Morgan fingerprint density at radius 2 is 2.15 bits per heavy atom. The Hall–Kier alpha value is -1.89. The zero-order chi connectivity index (χ0) is 14.4. The second kappa shape index (κ2) is 7.04. The van der Waals surface area contributed by atoms with Gasteiger partial charge in [0.1, 0.15) is 5.82 Å². The molecule has 3 N–H and O–H groups in total.